The Bertz CT molecular complexity index is 679. The van der Waals surface area contributed by atoms with Crippen molar-refractivity contribution in [1.29, 1.82) is 0 Å². The van der Waals surface area contributed by atoms with Crippen LogP contribution in [0.1, 0.15) is 11.1 Å². The van der Waals surface area contributed by atoms with Gasteiger partial charge in [-0.1, -0.05) is 35.9 Å². The van der Waals surface area contributed by atoms with Gasteiger partial charge in [-0.2, -0.15) is 0 Å². The van der Waals surface area contributed by atoms with Crippen LogP contribution in [0.3, 0.4) is 0 Å². The zero-order valence-corrected chi connectivity index (χ0v) is 15.1. The van der Waals surface area contributed by atoms with Gasteiger partial charge in [0, 0.05) is 46.0 Å². The van der Waals surface area contributed by atoms with Gasteiger partial charge in [-0.25, -0.2) is 4.98 Å². The first-order valence-electron chi connectivity index (χ1n) is 8.79. The Morgan fingerprint density at radius 1 is 1.08 bits per heavy atom. The van der Waals surface area contributed by atoms with Gasteiger partial charge in [0.2, 0.25) is 5.91 Å². The number of amides is 1. The van der Waals surface area contributed by atoms with Gasteiger partial charge < -0.3 is 9.80 Å². The maximum Gasteiger partial charge on any atom is 0.236 e. The van der Waals surface area contributed by atoms with E-state index in [2.05, 4.69) is 46.0 Å². The van der Waals surface area contributed by atoms with Crippen LogP contribution in [-0.4, -0.2) is 60.5 Å². The molecule has 0 atom stereocenters. The Morgan fingerprint density at radius 3 is 2.44 bits per heavy atom. The third-order valence-electron chi connectivity index (χ3n) is 4.67. The fourth-order valence-electron chi connectivity index (χ4n) is 3.04. The molecule has 0 radical (unpaired) electrons. The summed E-state index contributed by atoms with van der Waals surface area (Å²) in [5.74, 6) is 1.19. The van der Waals surface area contributed by atoms with Crippen molar-refractivity contribution >= 4 is 11.7 Å². The molecule has 1 aromatic heterocycles. The Labute approximate surface area is 149 Å². The molecule has 0 N–H and O–H groups in total. The maximum atomic E-state index is 12.5. The monoisotopic (exact) mass is 338 g/mol. The highest BCUT2D eigenvalue weighted by Crippen LogP contribution is 2.13. The van der Waals surface area contributed by atoms with Crippen molar-refractivity contribution in [1.82, 2.24) is 14.8 Å². The lowest BCUT2D eigenvalue weighted by Gasteiger charge is -2.35. The number of carbonyl (C=O) groups excluding carboxylic acids is 1. The van der Waals surface area contributed by atoms with Crippen LogP contribution in [0.2, 0.25) is 0 Å². The quantitative estimate of drug-likeness (QED) is 0.838. The standard InChI is InChI=1S/C20H26N4O/c1-17-6-8-18(9-7-17)15-22(2)20(25)16-23-11-13-24(14-12-23)19-5-3-4-10-21-19/h3-10H,11-16H2,1-2H3. The van der Waals surface area contributed by atoms with Gasteiger partial charge in [-0.05, 0) is 24.6 Å². The summed E-state index contributed by atoms with van der Waals surface area (Å²) in [6, 6.07) is 14.3. The maximum absolute atomic E-state index is 12.5. The van der Waals surface area contributed by atoms with Crippen LogP contribution in [0, 0.1) is 6.92 Å². The zero-order valence-electron chi connectivity index (χ0n) is 15.1. The lowest BCUT2D eigenvalue weighted by atomic mass is 10.1. The molecular formula is C20H26N4O. The molecule has 2 heterocycles. The highest BCUT2D eigenvalue weighted by atomic mass is 16.2. The number of hydrogen-bond acceptors (Lipinski definition) is 4. The molecule has 1 aliphatic rings. The Kier molecular flexibility index (Phi) is 5.66. The van der Waals surface area contributed by atoms with Gasteiger partial charge in [0.25, 0.3) is 0 Å². The summed E-state index contributed by atoms with van der Waals surface area (Å²) in [5, 5.41) is 0. The first-order valence-corrected chi connectivity index (χ1v) is 8.79. The Hall–Kier alpha value is -2.40. The fourth-order valence-corrected chi connectivity index (χ4v) is 3.04. The second-order valence-corrected chi connectivity index (χ2v) is 6.69. The van der Waals surface area contributed by atoms with Crippen LogP contribution in [0.5, 0.6) is 0 Å². The first-order chi connectivity index (χ1) is 12.1. The summed E-state index contributed by atoms with van der Waals surface area (Å²) >= 11 is 0. The molecule has 0 spiro atoms. The molecule has 25 heavy (non-hydrogen) atoms. The molecule has 1 amide bonds. The number of likely N-dealkylation sites (N-methyl/N-ethyl adjacent to an activating group) is 1. The van der Waals surface area contributed by atoms with Gasteiger partial charge >= 0.3 is 0 Å². The summed E-state index contributed by atoms with van der Waals surface area (Å²) in [6.07, 6.45) is 1.82. The van der Waals surface area contributed by atoms with E-state index >= 15 is 0 Å². The lowest BCUT2D eigenvalue weighted by Crippen LogP contribution is -2.49. The molecule has 0 bridgehead atoms. The minimum Gasteiger partial charge on any atom is -0.354 e. The summed E-state index contributed by atoms with van der Waals surface area (Å²) in [6.45, 7) is 6.81. The van der Waals surface area contributed by atoms with E-state index in [9.17, 15) is 4.79 Å². The number of carbonyl (C=O) groups is 1. The number of piperazine rings is 1. The molecule has 1 saturated heterocycles. The third kappa shape index (κ3) is 4.79. The molecule has 0 aliphatic carbocycles. The number of benzene rings is 1. The number of nitrogens with zero attached hydrogens (tertiary/aromatic N) is 4. The van der Waals surface area contributed by atoms with Gasteiger partial charge in [0.05, 0.1) is 6.54 Å². The highest BCUT2D eigenvalue weighted by molar-refractivity contribution is 5.78. The molecular weight excluding hydrogens is 312 g/mol. The molecule has 0 saturated carbocycles. The van der Waals surface area contributed by atoms with Gasteiger partial charge in [-0.15, -0.1) is 0 Å². The molecule has 0 unspecified atom stereocenters. The summed E-state index contributed by atoms with van der Waals surface area (Å²) < 4.78 is 0. The number of pyridine rings is 1. The normalized spacial score (nSPS) is 15.2. The summed E-state index contributed by atoms with van der Waals surface area (Å²) in [4.78, 5) is 23.2. The third-order valence-corrected chi connectivity index (χ3v) is 4.67. The average Bonchev–Trinajstić information content (AvgIpc) is 2.65. The van der Waals surface area contributed by atoms with Crippen molar-refractivity contribution in [2.75, 3.05) is 44.7 Å². The van der Waals surface area contributed by atoms with Crippen LogP contribution >= 0.6 is 0 Å². The van der Waals surface area contributed by atoms with Crippen molar-refractivity contribution in [3.63, 3.8) is 0 Å². The van der Waals surface area contributed by atoms with Crippen LogP contribution in [0.25, 0.3) is 0 Å². The number of aromatic nitrogens is 1. The van der Waals surface area contributed by atoms with E-state index in [-0.39, 0.29) is 5.91 Å². The van der Waals surface area contributed by atoms with Gasteiger partial charge in [0.15, 0.2) is 0 Å². The molecule has 1 fully saturated rings. The fraction of sp³-hybridized carbons (Fsp3) is 0.400. The molecule has 2 aromatic rings. The smallest absolute Gasteiger partial charge is 0.236 e. The lowest BCUT2D eigenvalue weighted by molar-refractivity contribution is -0.131. The highest BCUT2D eigenvalue weighted by Gasteiger charge is 2.21. The van der Waals surface area contributed by atoms with Crippen LogP contribution in [-0.2, 0) is 11.3 Å². The second-order valence-electron chi connectivity index (χ2n) is 6.69. The minimum absolute atomic E-state index is 0.173. The minimum atomic E-state index is 0.173. The van der Waals surface area contributed by atoms with Gasteiger partial charge in [-0.3, -0.25) is 9.69 Å². The molecule has 132 valence electrons. The van der Waals surface area contributed by atoms with Crippen LogP contribution in [0.4, 0.5) is 5.82 Å². The molecule has 1 aliphatic heterocycles. The summed E-state index contributed by atoms with van der Waals surface area (Å²) in [5.41, 5.74) is 2.41. The predicted molar refractivity (Wildman–Crippen MR) is 101 cm³/mol. The van der Waals surface area contributed by atoms with E-state index in [1.54, 1.807) is 0 Å². The Balaban J connectivity index is 1.46. The SMILES string of the molecule is Cc1ccc(CN(C)C(=O)CN2CCN(c3ccccn3)CC2)cc1. The second kappa shape index (κ2) is 8.12. The van der Waals surface area contributed by atoms with Crippen molar-refractivity contribution in [2.45, 2.75) is 13.5 Å². The number of rotatable bonds is 5. The molecule has 1 aromatic carbocycles. The predicted octanol–water partition coefficient (Wildman–Crippen LogP) is 2.17. The number of hydrogen-bond donors (Lipinski definition) is 0. The van der Waals surface area contributed by atoms with Gasteiger partial charge in [0.1, 0.15) is 5.82 Å². The van der Waals surface area contributed by atoms with E-state index in [0.717, 1.165) is 32.0 Å². The Morgan fingerprint density at radius 2 is 1.80 bits per heavy atom. The largest absolute Gasteiger partial charge is 0.354 e. The van der Waals surface area contributed by atoms with Crippen molar-refractivity contribution in [3.8, 4) is 0 Å². The molecule has 5 nitrogen and oxygen atoms in total. The van der Waals surface area contributed by atoms with Crippen LogP contribution in [0.15, 0.2) is 48.7 Å². The van der Waals surface area contributed by atoms with E-state index < -0.39 is 0 Å². The van der Waals surface area contributed by atoms with E-state index in [4.69, 9.17) is 0 Å². The molecule has 5 heteroatoms. The van der Waals surface area contributed by atoms with Crippen molar-refractivity contribution in [2.24, 2.45) is 0 Å². The van der Waals surface area contributed by atoms with E-state index in [0.29, 0.717) is 13.1 Å². The first kappa shape index (κ1) is 17.4. The number of aryl methyl sites for hydroxylation is 1. The van der Waals surface area contributed by atoms with Crippen LogP contribution < -0.4 is 4.90 Å². The van der Waals surface area contributed by atoms with E-state index in [1.807, 2.05) is 36.3 Å². The summed E-state index contributed by atoms with van der Waals surface area (Å²) in [7, 11) is 1.88. The van der Waals surface area contributed by atoms with Crippen molar-refractivity contribution < 1.29 is 4.79 Å². The van der Waals surface area contributed by atoms with E-state index in [1.165, 1.54) is 11.1 Å². The zero-order chi connectivity index (χ0) is 17.6. The van der Waals surface area contributed by atoms with Crippen molar-refractivity contribution in [3.05, 3.63) is 59.8 Å². The average molecular weight is 338 g/mol. The molecule has 3 rings (SSSR count). The number of anilines is 1. The topological polar surface area (TPSA) is 39.7 Å².